The summed E-state index contributed by atoms with van der Waals surface area (Å²) in [4.78, 5) is 24.6. The first-order valence-electron chi connectivity index (χ1n) is 6.10. The van der Waals surface area contributed by atoms with E-state index in [9.17, 15) is 9.59 Å². The summed E-state index contributed by atoms with van der Waals surface area (Å²) in [6, 6.07) is 10.9. The Morgan fingerprint density at radius 1 is 1.14 bits per heavy atom. The summed E-state index contributed by atoms with van der Waals surface area (Å²) in [5.74, 6) is -0.492. The van der Waals surface area contributed by atoms with Crippen LogP contribution in [0.5, 0.6) is 0 Å². The van der Waals surface area contributed by atoms with Crippen molar-refractivity contribution in [2.45, 2.75) is 6.54 Å². The third-order valence-electron chi connectivity index (χ3n) is 2.62. The molecule has 4 nitrogen and oxygen atoms in total. The van der Waals surface area contributed by atoms with E-state index in [1.165, 1.54) is 11.3 Å². The van der Waals surface area contributed by atoms with Crippen LogP contribution in [0.4, 0.5) is 0 Å². The highest BCUT2D eigenvalue weighted by molar-refractivity contribution is 14.1. The Labute approximate surface area is 145 Å². The Kier molecular flexibility index (Phi) is 6.01. The van der Waals surface area contributed by atoms with Gasteiger partial charge in [-0.3, -0.25) is 9.59 Å². The molecule has 0 saturated carbocycles. The van der Waals surface area contributed by atoms with Crippen LogP contribution < -0.4 is 10.6 Å². The number of benzene rings is 1. The molecule has 0 radical (unpaired) electrons. The predicted octanol–water partition coefficient (Wildman–Crippen LogP) is 3.05. The number of thiophene rings is 1. The third kappa shape index (κ3) is 4.98. The van der Waals surface area contributed by atoms with Crippen molar-refractivity contribution >= 4 is 57.3 Å². The molecule has 1 aromatic heterocycles. The number of carbonyl (C=O) groups excluding carboxylic acids is 2. The molecule has 0 saturated heterocycles. The second-order valence-corrected chi connectivity index (χ2v) is 7.11. The zero-order chi connectivity index (χ0) is 15.2. The molecule has 0 bridgehead atoms. The zero-order valence-electron chi connectivity index (χ0n) is 10.9. The summed E-state index contributed by atoms with van der Waals surface area (Å²) in [5, 5.41) is 5.33. The van der Waals surface area contributed by atoms with E-state index in [0.29, 0.717) is 16.4 Å². The van der Waals surface area contributed by atoms with E-state index in [0.717, 1.165) is 8.45 Å². The first kappa shape index (κ1) is 16.3. The predicted molar refractivity (Wildman–Crippen MR) is 92.7 cm³/mol. The highest BCUT2D eigenvalue weighted by Gasteiger charge is 2.10. The van der Waals surface area contributed by atoms with Gasteiger partial charge in [0, 0.05) is 8.45 Å². The smallest absolute Gasteiger partial charge is 0.252 e. The van der Waals surface area contributed by atoms with Gasteiger partial charge in [-0.25, -0.2) is 0 Å². The van der Waals surface area contributed by atoms with Crippen LogP contribution in [0.25, 0.3) is 0 Å². The van der Waals surface area contributed by atoms with Gasteiger partial charge < -0.3 is 10.6 Å². The van der Waals surface area contributed by atoms with Gasteiger partial charge in [0.05, 0.1) is 23.0 Å². The Morgan fingerprint density at radius 3 is 2.57 bits per heavy atom. The van der Waals surface area contributed by atoms with Crippen molar-refractivity contribution in [1.29, 1.82) is 0 Å². The summed E-state index contributed by atoms with van der Waals surface area (Å²) in [6.45, 7) is 0.359. The highest BCUT2D eigenvalue weighted by Crippen LogP contribution is 2.20. The zero-order valence-corrected chi connectivity index (χ0v) is 14.6. The van der Waals surface area contributed by atoms with Crippen molar-refractivity contribution in [3.63, 3.8) is 0 Å². The van der Waals surface area contributed by atoms with Crippen molar-refractivity contribution in [3.05, 3.63) is 54.7 Å². The van der Waals surface area contributed by atoms with Gasteiger partial charge in [-0.1, -0.05) is 23.7 Å². The van der Waals surface area contributed by atoms with Gasteiger partial charge in [0.2, 0.25) is 5.91 Å². The second-order valence-electron chi connectivity index (χ2n) is 4.15. The molecule has 7 heteroatoms. The fourth-order valence-electron chi connectivity index (χ4n) is 1.60. The van der Waals surface area contributed by atoms with Crippen molar-refractivity contribution < 1.29 is 9.59 Å². The summed E-state index contributed by atoms with van der Waals surface area (Å²) in [7, 11) is 0. The van der Waals surface area contributed by atoms with E-state index in [2.05, 4.69) is 33.2 Å². The fourth-order valence-corrected chi connectivity index (χ4v) is 3.26. The maximum Gasteiger partial charge on any atom is 0.252 e. The Hall–Kier alpha value is -1.12. The average Bonchev–Trinajstić information content (AvgIpc) is 2.89. The standard InChI is InChI=1S/C14H12ClIN2O2S/c15-12-6-5-9(21-12)7-17-13(19)8-18-14(20)10-3-1-2-4-11(10)16/h1-6H,7-8H2,(H,17,19)(H,18,20). The van der Waals surface area contributed by atoms with E-state index < -0.39 is 0 Å². The molecule has 1 heterocycles. The van der Waals surface area contributed by atoms with Crippen LogP contribution in [0.2, 0.25) is 4.34 Å². The van der Waals surface area contributed by atoms with E-state index in [1.807, 2.05) is 18.2 Å². The van der Waals surface area contributed by atoms with Crippen LogP contribution in [0.1, 0.15) is 15.2 Å². The number of hydrogen-bond acceptors (Lipinski definition) is 3. The summed E-state index contributed by atoms with van der Waals surface area (Å²) in [5.41, 5.74) is 0.566. The lowest BCUT2D eigenvalue weighted by molar-refractivity contribution is -0.120. The molecule has 21 heavy (non-hydrogen) atoms. The molecular weight excluding hydrogens is 423 g/mol. The van der Waals surface area contributed by atoms with Crippen LogP contribution >= 0.6 is 45.5 Å². The van der Waals surface area contributed by atoms with Crippen molar-refractivity contribution in [1.82, 2.24) is 10.6 Å². The van der Waals surface area contributed by atoms with Gasteiger partial charge in [-0.05, 0) is 46.9 Å². The van der Waals surface area contributed by atoms with Gasteiger partial charge in [0.1, 0.15) is 0 Å². The molecular formula is C14H12ClIN2O2S. The lowest BCUT2D eigenvalue weighted by Gasteiger charge is -2.07. The molecule has 0 aliphatic carbocycles. The van der Waals surface area contributed by atoms with Crippen LogP contribution in [0.3, 0.4) is 0 Å². The van der Waals surface area contributed by atoms with Crippen molar-refractivity contribution in [2.24, 2.45) is 0 Å². The van der Waals surface area contributed by atoms with E-state index >= 15 is 0 Å². The molecule has 0 atom stereocenters. The molecule has 0 aliphatic heterocycles. The highest BCUT2D eigenvalue weighted by atomic mass is 127. The summed E-state index contributed by atoms with van der Waals surface area (Å²) < 4.78 is 1.53. The molecule has 2 aromatic rings. The minimum absolute atomic E-state index is 0.0527. The number of nitrogens with one attached hydrogen (secondary N) is 2. The number of rotatable bonds is 5. The second kappa shape index (κ2) is 7.77. The number of halogens is 2. The first-order valence-corrected chi connectivity index (χ1v) is 8.37. The monoisotopic (exact) mass is 434 g/mol. The molecule has 0 fully saturated rings. The largest absolute Gasteiger partial charge is 0.350 e. The lowest BCUT2D eigenvalue weighted by Crippen LogP contribution is -2.36. The molecule has 0 aliphatic rings. The topological polar surface area (TPSA) is 58.2 Å². The van der Waals surface area contributed by atoms with Gasteiger partial charge in [-0.15, -0.1) is 11.3 Å². The summed E-state index contributed by atoms with van der Waals surface area (Å²) >= 11 is 9.31. The molecule has 0 spiro atoms. The fraction of sp³-hybridized carbons (Fsp3) is 0.143. The number of amides is 2. The Balaban J connectivity index is 1.79. The number of carbonyl (C=O) groups is 2. The van der Waals surface area contributed by atoms with Crippen LogP contribution in [0, 0.1) is 3.57 Å². The van der Waals surface area contributed by atoms with E-state index in [1.54, 1.807) is 18.2 Å². The molecule has 1 aromatic carbocycles. The Bertz CT molecular complexity index is 660. The third-order valence-corrected chi connectivity index (χ3v) is 4.79. The lowest BCUT2D eigenvalue weighted by atomic mass is 10.2. The molecule has 2 rings (SSSR count). The van der Waals surface area contributed by atoms with Crippen molar-refractivity contribution in [3.8, 4) is 0 Å². The Morgan fingerprint density at radius 2 is 1.90 bits per heavy atom. The van der Waals surface area contributed by atoms with Gasteiger partial charge in [0.15, 0.2) is 0 Å². The number of hydrogen-bond donors (Lipinski definition) is 2. The minimum atomic E-state index is -0.255. The molecule has 2 amide bonds. The van der Waals surface area contributed by atoms with Gasteiger partial charge in [0.25, 0.3) is 5.91 Å². The van der Waals surface area contributed by atoms with Crippen LogP contribution in [-0.2, 0) is 11.3 Å². The summed E-state index contributed by atoms with van der Waals surface area (Å²) in [6.07, 6.45) is 0. The molecule has 0 unspecified atom stereocenters. The SMILES string of the molecule is O=C(CNC(=O)c1ccccc1I)NCc1ccc(Cl)s1. The maximum absolute atomic E-state index is 11.9. The maximum atomic E-state index is 11.9. The van der Waals surface area contributed by atoms with Gasteiger partial charge in [-0.2, -0.15) is 0 Å². The van der Waals surface area contributed by atoms with Crippen molar-refractivity contribution in [2.75, 3.05) is 6.54 Å². The van der Waals surface area contributed by atoms with Crippen LogP contribution in [-0.4, -0.2) is 18.4 Å². The quantitative estimate of drug-likeness (QED) is 0.711. The first-order chi connectivity index (χ1) is 10.1. The minimum Gasteiger partial charge on any atom is -0.350 e. The normalized spacial score (nSPS) is 10.2. The average molecular weight is 435 g/mol. The van der Waals surface area contributed by atoms with Gasteiger partial charge >= 0.3 is 0 Å². The molecule has 2 N–H and O–H groups in total. The molecule has 110 valence electrons. The van der Waals surface area contributed by atoms with E-state index in [4.69, 9.17) is 11.6 Å². The van der Waals surface area contributed by atoms with Crippen LogP contribution in [0.15, 0.2) is 36.4 Å². The van der Waals surface area contributed by atoms with E-state index in [-0.39, 0.29) is 18.4 Å².